The molecule has 80 valence electrons. The Morgan fingerprint density at radius 2 is 2.07 bits per heavy atom. The zero-order valence-electron chi connectivity index (χ0n) is 8.83. The molecule has 2 fully saturated rings. The van der Waals surface area contributed by atoms with Crippen molar-refractivity contribution in [2.24, 2.45) is 11.3 Å². The van der Waals surface area contributed by atoms with Gasteiger partial charge in [-0.1, -0.05) is 13.8 Å². The van der Waals surface area contributed by atoms with E-state index in [0.29, 0.717) is 17.1 Å². The predicted octanol–water partition coefficient (Wildman–Crippen LogP) is 1.54. The highest BCUT2D eigenvalue weighted by Gasteiger charge is 2.59. The van der Waals surface area contributed by atoms with Crippen LogP contribution in [0.4, 0.5) is 0 Å². The summed E-state index contributed by atoms with van der Waals surface area (Å²) in [7, 11) is 0. The minimum Gasteiger partial charge on any atom is -0.480 e. The fourth-order valence-corrected chi connectivity index (χ4v) is 4.00. The Labute approximate surface area is 88.6 Å². The highest BCUT2D eigenvalue weighted by Crippen LogP contribution is 2.61. The van der Waals surface area contributed by atoms with Crippen molar-refractivity contribution >= 4 is 17.7 Å². The van der Waals surface area contributed by atoms with Crippen LogP contribution < -0.4 is 5.32 Å². The normalized spacial score (nSPS) is 45.1. The molecular formula is C10H17NO2S. The van der Waals surface area contributed by atoms with Gasteiger partial charge in [-0.15, -0.1) is 11.8 Å². The summed E-state index contributed by atoms with van der Waals surface area (Å²) in [6, 6.07) is -0.360. The first kappa shape index (κ1) is 10.3. The molecule has 1 heterocycles. The van der Waals surface area contributed by atoms with E-state index in [1.807, 2.05) is 0 Å². The zero-order valence-corrected chi connectivity index (χ0v) is 9.65. The van der Waals surface area contributed by atoms with Gasteiger partial charge in [-0.3, -0.25) is 10.1 Å². The van der Waals surface area contributed by atoms with Crippen LogP contribution >= 0.6 is 11.8 Å². The Morgan fingerprint density at radius 1 is 1.50 bits per heavy atom. The topological polar surface area (TPSA) is 49.3 Å². The van der Waals surface area contributed by atoms with Crippen LogP contribution in [0.25, 0.3) is 0 Å². The molecule has 1 aliphatic heterocycles. The minimum atomic E-state index is -0.723. The standard InChI is InChI=1S/C10H17NO2S/c1-9(2)4-7(9)10(3)11-6(5-14-10)8(12)13/h6-7,11H,4-5H2,1-3H3,(H,12,13)/t6-,7?,10?/m1/s1. The lowest BCUT2D eigenvalue weighted by Crippen LogP contribution is -2.45. The van der Waals surface area contributed by atoms with Crippen molar-refractivity contribution in [1.29, 1.82) is 0 Å². The molecule has 1 saturated carbocycles. The monoisotopic (exact) mass is 215 g/mol. The number of hydrogen-bond donors (Lipinski definition) is 2. The molecule has 0 aromatic carbocycles. The van der Waals surface area contributed by atoms with Crippen LogP contribution in [-0.4, -0.2) is 27.7 Å². The van der Waals surface area contributed by atoms with Gasteiger partial charge >= 0.3 is 5.97 Å². The quantitative estimate of drug-likeness (QED) is 0.733. The number of carbonyl (C=O) groups is 1. The van der Waals surface area contributed by atoms with Crippen molar-refractivity contribution in [1.82, 2.24) is 5.32 Å². The molecule has 2 rings (SSSR count). The third-order valence-electron chi connectivity index (χ3n) is 3.49. The minimum absolute atomic E-state index is 0.0213. The number of hydrogen-bond acceptors (Lipinski definition) is 3. The molecule has 4 heteroatoms. The van der Waals surface area contributed by atoms with Crippen LogP contribution in [0.1, 0.15) is 27.2 Å². The van der Waals surface area contributed by atoms with Crippen LogP contribution in [0.5, 0.6) is 0 Å². The van der Waals surface area contributed by atoms with Gasteiger partial charge < -0.3 is 5.11 Å². The van der Waals surface area contributed by atoms with Gasteiger partial charge in [0.25, 0.3) is 0 Å². The Morgan fingerprint density at radius 3 is 2.43 bits per heavy atom. The molecular weight excluding hydrogens is 198 g/mol. The molecule has 3 atom stereocenters. The molecule has 1 saturated heterocycles. The predicted molar refractivity (Wildman–Crippen MR) is 57.3 cm³/mol. The van der Waals surface area contributed by atoms with E-state index in [4.69, 9.17) is 5.11 Å². The van der Waals surface area contributed by atoms with E-state index in [1.54, 1.807) is 11.8 Å². The largest absolute Gasteiger partial charge is 0.480 e. The summed E-state index contributed by atoms with van der Waals surface area (Å²) in [4.78, 5) is 10.8. The van der Waals surface area contributed by atoms with E-state index in [0.717, 1.165) is 0 Å². The van der Waals surface area contributed by atoms with E-state index in [-0.39, 0.29) is 10.9 Å². The molecule has 2 aliphatic rings. The molecule has 14 heavy (non-hydrogen) atoms. The molecule has 2 unspecified atom stereocenters. The van der Waals surface area contributed by atoms with Crippen molar-refractivity contribution in [2.75, 3.05) is 5.75 Å². The zero-order chi connectivity index (χ0) is 10.6. The van der Waals surface area contributed by atoms with Gasteiger partial charge in [-0.2, -0.15) is 0 Å². The molecule has 0 aromatic heterocycles. The number of nitrogens with one attached hydrogen (secondary N) is 1. The van der Waals surface area contributed by atoms with Crippen molar-refractivity contribution < 1.29 is 9.90 Å². The summed E-state index contributed by atoms with van der Waals surface area (Å²) in [5.41, 5.74) is 0.391. The second kappa shape index (κ2) is 2.89. The van der Waals surface area contributed by atoms with Gasteiger partial charge in [0, 0.05) is 5.75 Å². The first-order chi connectivity index (χ1) is 6.35. The molecule has 1 aliphatic carbocycles. The van der Waals surface area contributed by atoms with E-state index >= 15 is 0 Å². The highest BCUT2D eigenvalue weighted by molar-refractivity contribution is 8.01. The number of aliphatic carboxylic acids is 1. The van der Waals surface area contributed by atoms with E-state index < -0.39 is 5.97 Å². The van der Waals surface area contributed by atoms with Crippen molar-refractivity contribution in [3.63, 3.8) is 0 Å². The molecule has 0 bridgehead atoms. The van der Waals surface area contributed by atoms with E-state index in [2.05, 4.69) is 26.1 Å². The first-order valence-corrected chi connectivity index (χ1v) is 5.98. The van der Waals surface area contributed by atoms with Crippen molar-refractivity contribution in [3.05, 3.63) is 0 Å². The fraction of sp³-hybridized carbons (Fsp3) is 0.900. The number of carboxylic acids is 1. The van der Waals surface area contributed by atoms with Crippen molar-refractivity contribution in [2.45, 2.75) is 38.1 Å². The van der Waals surface area contributed by atoms with Crippen molar-refractivity contribution in [3.8, 4) is 0 Å². The van der Waals surface area contributed by atoms with Gasteiger partial charge in [-0.25, -0.2) is 0 Å². The molecule has 0 radical (unpaired) electrons. The second-order valence-corrected chi connectivity index (χ2v) is 6.67. The van der Waals surface area contributed by atoms with Crippen LogP contribution in [0.15, 0.2) is 0 Å². The van der Waals surface area contributed by atoms with Crippen LogP contribution in [-0.2, 0) is 4.79 Å². The van der Waals surface area contributed by atoms with E-state index in [1.165, 1.54) is 6.42 Å². The lowest BCUT2D eigenvalue weighted by Gasteiger charge is -2.26. The third-order valence-corrected chi connectivity index (χ3v) is 4.99. The summed E-state index contributed by atoms with van der Waals surface area (Å²) >= 11 is 1.76. The van der Waals surface area contributed by atoms with Gasteiger partial charge in [0.1, 0.15) is 6.04 Å². The Kier molecular flexibility index (Phi) is 2.13. The molecule has 0 aromatic rings. The van der Waals surface area contributed by atoms with Gasteiger partial charge in [0.15, 0.2) is 0 Å². The number of carboxylic acid groups (broad SMARTS) is 1. The average molecular weight is 215 g/mol. The lowest BCUT2D eigenvalue weighted by atomic mass is 10.0. The van der Waals surface area contributed by atoms with Gasteiger partial charge in [0.2, 0.25) is 0 Å². The average Bonchev–Trinajstić information content (AvgIpc) is 2.56. The van der Waals surface area contributed by atoms with Crippen LogP contribution in [0.3, 0.4) is 0 Å². The smallest absolute Gasteiger partial charge is 0.321 e. The SMILES string of the molecule is CC1(C)CC1C1(C)N[C@@H](C(=O)O)CS1. The number of rotatable bonds is 2. The maximum absolute atomic E-state index is 10.8. The maximum Gasteiger partial charge on any atom is 0.321 e. The number of thioether (sulfide) groups is 1. The van der Waals surface area contributed by atoms with Gasteiger partial charge in [0.05, 0.1) is 4.87 Å². The van der Waals surface area contributed by atoms with Crippen LogP contribution in [0, 0.1) is 11.3 Å². The summed E-state index contributed by atoms with van der Waals surface area (Å²) in [5.74, 6) is 0.585. The van der Waals surface area contributed by atoms with Gasteiger partial charge in [-0.05, 0) is 24.7 Å². The molecule has 2 N–H and O–H groups in total. The van der Waals surface area contributed by atoms with Crippen LogP contribution in [0.2, 0.25) is 0 Å². The Bertz CT molecular complexity index is 279. The Hall–Kier alpha value is -0.220. The molecule has 0 spiro atoms. The third kappa shape index (κ3) is 1.54. The molecule has 3 nitrogen and oxygen atoms in total. The maximum atomic E-state index is 10.8. The second-order valence-electron chi connectivity index (χ2n) is 5.20. The first-order valence-electron chi connectivity index (χ1n) is 5.00. The highest BCUT2D eigenvalue weighted by atomic mass is 32.2. The fourth-order valence-electron chi connectivity index (χ4n) is 2.43. The summed E-state index contributed by atoms with van der Waals surface area (Å²) in [5, 5.41) is 12.1. The summed E-state index contributed by atoms with van der Waals surface area (Å²) in [6.07, 6.45) is 1.20. The Balaban J connectivity index is 2.03. The summed E-state index contributed by atoms with van der Waals surface area (Å²) < 4.78 is 0. The molecule has 0 amide bonds. The lowest BCUT2D eigenvalue weighted by molar-refractivity contribution is -0.138. The van der Waals surface area contributed by atoms with E-state index in [9.17, 15) is 4.79 Å². The summed E-state index contributed by atoms with van der Waals surface area (Å²) in [6.45, 7) is 6.64.